The molecule has 0 aromatic rings. The average molecular weight is 1050 g/mol. The van der Waals surface area contributed by atoms with Crippen molar-refractivity contribution in [1.29, 1.82) is 0 Å². The van der Waals surface area contributed by atoms with E-state index in [2.05, 4.69) is 96.9 Å². The Morgan fingerprint density at radius 1 is 0.164 bits per heavy atom. The normalized spacial score (nSPS) is 13.3. The van der Waals surface area contributed by atoms with Crippen molar-refractivity contribution in [3.8, 4) is 0 Å². The lowest BCUT2D eigenvalue weighted by molar-refractivity contribution is 0.243. The molecule has 0 heterocycles. The molecular formula is C56H126O5Si6. The molecule has 0 radical (unpaired) electrons. The van der Waals surface area contributed by atoms with Gasteiger partial charge >= 0.3 is 34.2 Å². The fourth-order valence-corrected chi connectivity index (χ4v) is 52.0. The molecule has 0 unspecified atom stereocenters. The zero-order chi connectivity index (χ0) is 50.2. The minimum atomic E-state index is -2.91. The van der Waals surface area contributed by atoms with Crippen LogP contribution in [0.25, 0.3) is 0 Å². The molecule has 0 aliphatic heterocycles. The van der Waals surface area contributed by atoms with E-state index in [1.807, 2.05) is 0 Å². The zero-order valence-corrected chi connectivity index (χ0v) is 54.7. The summed E-state index contributed by atoms with van der Waals surface area (Å²) in [7, 11) is -15.5. The predicted octanol–water partition coefficient (Wildman–Crippen LogP) is 21.9. The largest absolute Gasteiger partial charge is 0.436 e. The molecule has 0 spiro atoms. The fraction of sp³-hybridized carbons (Fsp3) is 1.00. The highest BCUT2D eigenvalue weighted by Crippen LogP contribution is 2.46. The van der Waals surface area contributed by atoms with Crippen molar-refractivity contribution in [3.63, 3.8) is 0 Å². The highest BCUT2D eigenvalue weighted by molar-refractivity contribution is 6.94. The van der Waals surface area contributed by atoms with E-state index in [4.69, 9.17) is 20.6 Å². The molecule has 0 aromatic carbocycles. The molecule has 0 aromatic heterocycles. The lowest BCUT2D eigenvalue weighted by atomic mass is 10.4. The van der Waals surface area contributed by atoms with Crippen molar-refractivity contribution in [3.05, 3.63) is 0 Å². The van der Waals surface area contributed by atoms with E-state index < -0.39 is 50.9 Å². The topological polar surface area (TPSA) is 46.2 Å². The molecule has 0 N–H and O–H groups in total. The Balaban J connectivity index is 8.74. The van der Waals surface area contributed by atoms with Gasteiger partial charge in [-0.3, -0.25) is 0 Å². The van der Waals surface area contributed by atoms with Crippen LogP contribution in [0.4, 0.5) is 0 Å². The third kappa shape index (κ3) is 27.8. The first kappa shape index (κ1) is 68.1. The molecule has 0 fully saturated rings. The van der Waals surface area contributed by atoms with Crippen LogP contribution in [-0.2, 0) is 20.6 Å². The van der Waals surface area contributed by atoms with Gasteiger partial charge in [0.05, 0.1) is 0 Å². The maximum atomic E-state index is 8.75. The van der Waals surface area contributed by atoms with Gasteiger partial charge in [-0.05, 0) is 84.6 Å². The predicted molar refractivity (Wildman–Crippen MR) is 316 cm³/mol. The van der Waals surface area contributed by atoms with Gasteiger partial charge in [-0.2, -0.15) is 0 Å². The van der Waals surface area contributed by atoms with E-state index in [9.17, 15) is 0 Å². The molecule has 0 aliphatic carbocycles. The SMILES string of the molecule is CCCC[Si](CCCC)(CCCC)O[Si](CCCC)(CCCC)O[Si](CCCC)(CCCC)O[Si](CCCC)(CCCC)O[Si](CCCC)(CCCC)O[Si](CCCC)(CCCC)CCCC. The Morgan fingerprint density at radius 2 is 0.284 bits per heavy atom. The second-order valence-corrected chi connectivity index (χ2v) is 45.1. The van der Waals surface area contributed by atoms with Gasteiger partial charge in [0.15, 0.2) is 16.6 Å². The van der Waals surface area contributed by atoms with Crippen LogP contribution in [0.2, 0.25) is 84.6 Å². The molecular weight excluding hydrogens is 921 g/mol. The van der Waals surface area contributed by atoms with Gasteiger partial charge < -0.3 is 20.6 Å². The van der Waals surface area contributed by atoms with Crippen molar-refractivity contribution >= 4 is 50.9 Å². The van der Waals surface area contributed by atoms with Crippen LogP contribution in [-0.4, -0.2) is 50.9 Å². The smallest absolute Gasteiger partial charge is 0.320 e. The number of unbranched alkanes of at least 4 members (excludes halogenated alkanes) is 14. The number of rotatable bonds is 52. The maximum absolute atomic E-state index is 8.75. The second-order valence-electron chi connectivity index (χ2n) is 22.0. The van der Waals surface area contributed by atoms with E-state index >= 15 is 0 Å². The minimum Gasteiger partial charge on any atom is -0.436 e. The molecule has 67 heavy (non-hydrogen) atoms. The van der Waals surface area contributed by atoms with Crippen molar-refractivity contribution in [2.24, 2.45) is 0 Å². The van der Waals surface area contributed by atoms with E-state index in [0.717, 1.165) is 48.4 Å². The van der Waals surface area contributed by atoms with E-state index in [1.54, 1.807) is 0 Å². The lowest BCUT2D eigenvalue weighted by Gasteiger charge is -2.52. The van der Waals surface area contributed by atoms with Gasteiger partial charge in [0.25, 0.3) is 0 Å². The quantitative estimate of drug-likeness (QED) is 0.0568. The Kier molecular flexibility index (Phi) is 42.1. The van der Waals surface area contributed by atoms with Crippen LogP contribution in [0.3, 0.4) is 0 Å². The summed E-state index contributed by atoms with van der Waals surface area (Å²) in [4.78, 5) is 0. The van der Waals surface area contributed by atoms with Crippen molar-refractivity contribution in [1.82, 2.24) is 0 Å². The first-order valence-corrected chi connectivity index (χ1v) is 44.9. The third-order valence-electron chi connectivity index (χ3n) is 15.1. The molecule has 0 bridgehead atoms. The summed E-state index contributed by atoms with van der Waals surface area (Å²) in [6.45, 7) is 33.7. The first-order valence-electron chi connectivity index (χ1n) is 30.9. The standard InChI is InChI=1S/C56H126O5Si6/c1-15-29-43-62(44-30-16-2,45-31-17-3)57-64(49-35-21-7,50-36-22-8)59-66(53-39-25-11,54-40-26-12)61-67(55-41-27-13,56-42-28-14)60-65(51-37-23-9,52-38-24-10)58-63(46-32-18-4,47-33-19-5)48-34-20-6/h15-56H2,1-14H3. The van der Waals surface area contributed by atoms with Gasteiger partial charge in [0.2, 0.25) is 0 Å². The Bertz CT molecular complexity index is 943. The highest BCUT2D eigenvalue weighted by atomic mass is 28.5. The molecule has 404 valence electrons. The van der Waals surface area contributed by atoms with Crippen LogP contribution < -0.4 is 0 Å². The van der Waals surface area contributed by atoms with E-state index in [1.165, 1.54) is 216 Å². The summed E-state index contributed by atoms with van der Waals surface area (Å²) >= 11 is 0. The molecule has 0 aliphatic rings. The number of hydrogen-bond donors (Lipinski definition) is 0. The summed E-state index contributed by atoms with van der Waals surface area (Å²) in [5, 5.41) is 0. The molecule has 11 heteroatoms. The molecule has 0 saturated heterocycles. The van der Waals surface area contributed by atoms with Crippen molar-refractivity contribution in [2.45, 2.75) is 361 Å². The summed E-state index contributed by atoms with van der Waals surface area (Å²) in [6.07, 6.45) is 34.5. The van der Waals surface area contributed by atoms with Crippen LogP contribution in [0.5, 0.6) is 0 Å². The zero-order valence-electron chi connectivity index (χ0n) is 48.7. The van der Waals surface area contributed by atoms with E-state index in [0.29, 0.717) is 0 Å². The van der Waals surface area contributed by atoms with Gasteiger partial charge in [-0.25, -0.2) is 0 Å². The average Bonchev–Trinajstić information content (AvgIpc) is 3.34. The van der Waals surface area contributed by atoms with Crippen molar-refractivity contribution < 1.29 is 20.6 Å². The highest BCUT2D eigenvalue weighted by Gasteiger charge is 2.58. The van der Waals surface area contributed by atoms with Crippen LogP contribution in [0, 0.1) is 0 Å². The fourth-order valence-electron chi connectivity index (χ4n) is 10.8. The van der Waals surface area contributed by atoms with Crippen LogP contribution in [0.15, 0.2) is 0 Å². The maximum Gasteiger partial charge on any atom is 0.320 e. The first-order chi connectivity index (χ1) is 32.4. The van der Waals surface area contributed by atoms with Gasteiger partial charge in [0, 0.05) is 0 Å². The summed E-state index contributed by atoms with van der Waals surface area (Å²) in [6, 6.07) is 16.9. The monoisotopic (exact) mass is 1050 g/mol. The van der Waals surface area contributed by atoms with Gasteiger partial charge in [0.1, 0.15) is 0 Å². The van der Waals surface area contributed by atoms with Crippen molar-refractivity contribution in [2.75, 3.05) is 0 Å². The third-order valence-corrected chi connectivity index (χ3v) is 47.0. The molecule has 0 saturated carbocycles. The van der Waals surface area contributed by atoms with Crippen LogP contribution >= 0.6 is 0 Å². The Labute approximate surface area is 430 Å². The van der Waals surface area contributed by atoms with Gasteiger partial charge in [-0.1, -0.05) is 277 Å². The Morgan fingerprint density at radius 3 is 0.418 bits per heavy atom. The lowest BCUT2D eigenvalue weighted by Crippen LogP contribution is -2.66. The molecule has 0 amide bonds. The van der Waals surface area contributed by atoms with Gasteiger partial charge in [-0.15, -0.1) is 0 Å². The summed E-state index contributed by atoms with van der Waals surface area (Å²) < 4.78 is 43.1. The summed E-state index contributed by atoms with van der Waals surface area (Å²) in [5.74, 6) is 0. The number of hydrogen-bond acceptors (Lipinski definition) is 5. The second kappa shape index (κ2) is 41.5. The minimum absolute atomic E-state index is 1.10. The summed E-state index contributed by atoms with van der Waals surface area (Å²) in [5.41, 5.74) is 0. The van der Waals surface area contributed by atoms with E-state index in [-0.39, 0.29) is 0 Å². The Hall–Kier alpha value is 1.10. The molecule has 0 atom stereocenters. The molecule has 5 nitrogen and oxygen atoms in total. The molecule has 0 rings (SSSR count). The van der Waals surface area contributed by atoms with Crippen LogP contribution in [0.1, 0.15) is 277 Å².